The molecule has 3 aliphatic rings. The Hall–Kier alpha value is -2.55. The molecule has 2 saturated heterocycles. The van der Waals surface area contributed by atoms with Crippen LogP contribution in [0.2, 0.25) is 0 Å². The van der Waals surface area contributed by atoms with E-state index in [1.54, 1.807) is 4.68 Å². The fraction of sp³-hybridized carbons (Fsp3) is 0.652. The summed E-state index contributed by atoms with van der Waals surface area (Å²) in [6.45, 7) is 7.85. The largest absolute Gasteiger partial charge is 0.450 e. The molecule has 0 bridgehead atoms. The summed E-state index contributed by atoms with van der Waals surface area (Å²) in [5, 5.41) is 8.18. The van der Waals surface area contributed by atoms with Crippen molar-refractivity contribution in [3.05, 3.63) is 35.7 Å². The molecule has 1 atom stereocenters. The minimum Gasteiger partial charge on any atom is -0.450 e. The predicted octanol–water partition coefficient (Wildman–Crippen LogP) is 3.30. The van der Waals surface area contributed by atoms with Crippen molar-refractivity contribution in [2.24, 2.45) is 5.41 Å². The van der Waals surface area contributed by atoms with E-state index in [9.17, 15) is 9.18 Å². The van der Waals surface area contributed by atoms with Gasteiger partial charge in [0.2, 0.25) is 0 Å². The standard InChI is InChI=1S/C23H31FN6O2/c1-3-32-22(31)29-14-23(15-29)7-4-19(11-23)28-8-5-17(6-9-28)21-20(10-18(24)12-25-21)30-13-16(2)26-27-30/h10,12-13,17,19H,3-9,11,14-15H2,1-2H3/t19-/m0/s1. The van der Waals surface area contributed by atoms with Gasteiger partial charge in [0, 0.05) is 36.5 Å². The SMILES string of the molecule is CCOC(=O)N1CC2(CC[C@H](N3CCC(c4ncc(F)cc4-n4cc(C)nn4)CC3)C2)C1. The first-order valence-electron chi connectivity index (χ1n) is 11.7. The van der Waals surface area contributed by atoms with Gasteiger partial charge in [0.15, 0.2) is 0 Å². The van der Waals surface area contributed by atoms with Crippen LogP contribution < -0.4 is 0 Å². The number of rotatable bonds is 4. The average Bonchev–Trinajstić information content (AvgIpc) is 3.40. The van der Waals surface area contributed by atoms with Crippen LogP contribution in [0.5, 0.6) is 0 Å². The number of hydrogen-bond donors (Lipinski definition) is 0. The summed E-state index contributed by atoms with van der Waals surface area (Å²) in [5.41, 5.74) is 2.67. The molecule has 5 rings (SSSR count). The average molecular weight is 443 g/mol. The van der Waals surface area contributed by atoms with Gasteiger partial charge in [-0.15, -0.1) is 5.10 Å². The number of hydrogen-bond acceptors (Lipinski definition) is 6. The molecule has 0 aromatic carbocycles. The van der Waals surface area contributed by atoms with Crippen molar-refractivity contribution in [3.8, 4) is 5.69 Å². The number of pyridine rings is 1. The minimum atomic E-state index is -0.358. The fourth-order valence-electron chi connectivity index (χ4n) is 5.82. The van der Waals surface area contributed by atoms with E-state index in [4.69, 9.17) is 4.74 Å². The number of ether oxygens (including phenoxy) is 1. The molecule has 8 nitrogen and oxygen atoms in total. The molecule has 1 saturated carbocycles. The molecule has 0 N–H and O–H groups in total. The first-order valence-corrected chi connectivity index (χ1v) is 11.7. The van der Waals surface area contributed by atoms with Crippen molar-refractivity contribution in [2.45, 2.75) is 57.9 Å². The predicted molar refractivity (Wildman–Crippen MR) is 116 cm³/mol. The van der Waals surface area contributed by atoms with E-state index in [-0.39, 0.29) is 23.2 Å². The molecule has 3 fully saturated rings. The Kier molecular flexibility index (Phi) is 5.61. The molecule has 4 heterocycles. The zero-order chi connectivity index (χ0) is 22.3. The summed E-state index contributed by atoms with van der Waals surface area (Å²) >= 11 is 0. The highest BCUT2D eigenvalue weighted by Gasteiger charge is 2.51. The van der Waals surface area contributed by atoms with Crippen molar-refractivity contribution < 1.29 is 13.9 Å². The van der Waals surface area contributed by atoms with Crippen molar-refractivity contribution in [1.82, 2.24) is 29.8 Å². The highest BCUT2D eigenvalue weighted by atomic mass is 19.1. The summed E-state index contributed by atoms with van der Waals surface area (Å²) < 4.78 is 20.7. The van der Waals surface area contributed by atoms with Gasteiger partial charge >= 0.3 is 6.09 Å². The van der Waals surface area contributed by atoms with Gasteiger partial charge in [0.25, 0.3) is 0 Å². The van der Waals surface area contributed by atoms with Crippen LogP contribution in [0, 0.1) is 18.2 Å². The van der Waals surface area contributed by atoms with Crippen LogP contribution in [0.4, 0.5) is 9.18 Å². The van der Waals surface area contributed by atoms with Crippen molar-refractivity contribution >= 4 is 6.09 Å². The maximum atomic E-state index is 13.9. The summed E-state index contributed by atoms with van der Waals surface area (Å²) in [7, 11) is 0. The third-order valence-electron chi connectivity index (χ3n) is 7.41. The molecular formula is C23H31FN6O2. The number of carbonyl (C=O) groups excluding carboxylic acids is 1. The smallest absolute Gasteiger partial charge is 0.409 e. The van der Waals surface area contributed by atoms with Gasteiger partial charge in [-0.25, -0.2) is 13.9 Å². The zero-order valence-electron chi connectivity index (χ0n) is 18.8. The van der Waals surface area contributed by atoms with E-state index in [2.05, 4.69) is 20.2 Å². The third kappa shape index (κ3) is 3.98. The second-order valence-corrected chi connectivity index (χ2v) is 9.62. The van der Waals surface area contributed by atoms with E-state index < -0.39 is 0 Å². The van der Waals surface area contributed by atoms with Crippen molar-refractivity contribution in [3.63, 3.8) is 0 Å². The fourth-order valence-corrected chi connectivity index (χ4v) is 5.82. The second-order valence-electron chi connectivity index (χ2n) is 9.62. The Morgan fingerprint density at radius 3 is 2.75 bits per heavy atom. The lowest BCUT2D eigenvalue weighted by Crippen LogP contribution is -2.58. The van der Waals surface area contributed by atoms with Crippen LogP contribution in [0.15, 0.2) is 18.5 Å². The van der Waals surface area contributed by atoms with Crippen LogP contribution in [0.25, 0.3) is 5.69 Å². The maximum absolute atomic E-state index is 13.9. The summed E-state index contributed by atoms with van der Waals surface area (Å²) in [5.74, 6) is -0.0762. The summed E-state index contributed by atoms with van der Waals surface area (Å²) in [4.78, 5) is 20.8. The monoisotopic (exact) mass is 442 g/mol. The molecule has 0 radical (unpaired) electrons. The lowest BCUT2D eigenvalue weighted by molar-refractivity contribution is -0.00362. The highest BCUT2D eigenvalue weighted by Crippen LogP contribution is 2.48. The highest BCUT2D eigenvalue weighted by molar-refractivity contribution is 5.69. The molecule has 2 aromatic heterocycles. The molecule has 2 aromatic rings. The topological polar surface area (TPSA) is 76.4 Å². The lowest BCUT2D eigenvalue weighted by atomic mass is 9.78. The van der Waals surface area contributed by atoms with E-state index >= 15 is 0 Å². The first-order chi connectivity index (χ1) is 15.5. The van der Waals surface area contributed by atoms with Gasteiger partial charge in [0.05, 0.1) is 36.1 Å². The van der Waals surface area contributed by atoms with Crippen LogP contribution >= 0.6 is 0 Å². The number of amides is 1. The molecule has 0 unspecified atom stereocenters. The Morgan fingerprint density at radius 2 is 2.06 bits per heavy atom. The van der Waals surface area contributed by atoms with Crippen molar-refractivity contribution in [2.75, 3.05) is 32.8 Å². The van der Waals surface area contributed by atoms with Crippen LogP contribution in [0.1, 0.15) is 56.3 Å². The first kappa shape index (κ1) is 21.3. The van der Waals surface area contributed by atoms with Crippen LogP contribution in [-0.2, 0) is 4.74 Å². The summed E-state index contributed by atoms with van der Waals surface area (Å²) in [6.07, 6.45) is 8.48. The molecule has 9 heteroatoms. The normalized spacial score (nSPS) is 23.5. The number of aromatic nitrogens is 4. The molecule has 2 aliphatic heterocycles. The van der Waals surface area contributed by atoms with Gasteiger partial charge in [-0.05, 0) is 59.0 Å². The number of halogens is 1. The van der Waals surface area contributed by atoms with E-state index in [0.29, 0.717) is 18.3 Å². The van der Waals surface area contributed by atoms with E-state index in [0.717, 1.165) is 56.8 Å². The third-order valence-corrected chi connectivity index (χ3v) is 7.41. The number of piperidine rings is 1. The zero-order valence-corrected chi connectivity index (χ0v) is 18.8. The molecular weight excluding hydrogens is 411 g/mol. The maximum Gasteiger partial charge on any atom is 0.409 e. The van der Waals surface area contributed by atoms with Gasteiger partial charge < -0.3 is 14.5 Å². The molecule has 32 heavy (non-hydrogen) atoms. The number of carbonyl (C=O) groups is 1. The van der Waals surface area contributed by atoms with Gasteiger partial charge in [-0.1, -0.05) is 5.21 Å². The molecule has 172 valence electrons. The lowest BCUT2D eigenvalue weighted by Gasteiger charge is -2.48. The summed E-state index contributed by atoms with van der Waals surface area (Å²) in [6, 6.07) is 2.09. The molecule has 1 aliphatic carbocycles. The van der Waals surface area contributed by atoms with Crippen LogP contribution in [-0.4, -0.2) is 74.7 Å². The Balaban J connectivity index is 1.20. The minimum absolute atomic E-state index is 0.174. The second kappa shape index (κ2) is 8.42. The number of nitrogens with zero attached hydrogens (tertiary/aromatic N) is 6. The van der Waals surface area contributed by atoms with E-state index in [1.165, 1.54) is 25.1 Å². The number of likely N-dealkylation sites (tertiary alicyclic amines) is 2. The Bertz CT molecular complexity index is 981. The van der Waals surface area contributed by atoms with Gasteiger partial charge in [-0.3, -0.25) is 4.98 Å². The Labute approximate surface area is 187 Å². The quantitative estimate of drug-likeness (QED) is 0.723. The van der Waals surface area contributed by atoms with Gasteiger partial charge in [-0.2, -0.15) is 0 Å². The molecule has 1 amide bonds. The van der Waals surface area contributed by atoms with Crippen molar-refractivity contribution in [1.29, 1.82) is 0 Å². The Morgan fingerprint density at radius 1 is 1.28 bits per heavy atom. The van der Waals surface area contributed by atoms with Crippen LogP contribution in [0.3, 0.4) is 0 Å². The van der Waals surface area contributed by atoms with Gasteiger partial charge in [0.1, 0.15) is 5.82 Å². The van der Waals surface area contributed by atoms with E-state index in [1.807, 2.05) is 24.9 Å². The number of aryl methyl sites for hydroxylation is 1. The molecule has 1 spiro atoms.